The number of hydrogen-bond acceptors (Lipinski definition) is 4. The van der Waals surface area contributed by atoms with Crippen LogP contribution in [0.2, 0.25) is 5.02 Å². The van der Waals surface area contributed by atoms with Gasteiger partial charge in [0.05, 0.1) is 0 Å². The summed E-state index contributed by atoms with van der Waals surface area (Å²) in [6, 6.07) is 19.6. The number of carbonyl (C=O) groups excluding carboxylic acids is 1. The number of aromatic hydroxyl groups is 1. The van der Waals surface area contributed by atoms with Gasteiger partial charge in [0.25, 0.3) is 5.91 Å². The summed E-state index contributed by atoms with van der Waals surface area (Å²) in [5, 5.41) is 26.9. The SMILES string of the molecule is N#C/C(=C/Nc1cccc2c(O)cccc12)C(=O)NCc1ccccc1Cl. The minimum atomic E-state index is -0.506. The largest absolute Gasteiger partial charge is 0.507 e. The van der Waals surface area contributed by atoms with Crippen molar-refractivity contribution in [3.8, 4) is 11.8 Å². The Kier molecular flexibility index (Phi) is 5.60. The van der Waals surface area contributed by atoms with E-state index in [2.05, 4.69) is 10.6 Å². The number of nitrogens with one attached hydrogen (secondary N) is 2. The first-order chi connectivity index (χ1) is 13.1. The topological polar surface area (TPSA) is 85.2 Å². The molecule has 0 aliphatic heterocycles. The monoisotopic (exact) mass is 377 g/mol. The molecule has 3 N–H and O–H groups in total. The second-order valence-electron chi connectivity index (χ2n) is 5.77. The average Bonchev–Trinajstić information content (AvgIpc) is 2.68. The van der Waals surface area contributed by atoms with Crippen molar-refractivity contribution >= 4 is 34.0 Å². The lowest BCUT2D eigenvalue weighted by atomic mass is 10.1. The van der Waals surface area contributed by atoms with Gasteiger partial charge in [-0.3, -0.25) is 4.79 Å². The van der Waals surface area contributed by atoms with Gasteiger partial charge in [0.1, 0.15) is 17.4 Å². The maximum Gasteiger partial charge on any atom is 0.263 e. The molecule has 0 saturated carbocycles. The molecule has 0 radical (unpaired) electrons. The van der Waals surface area contributed by atoms with Gasteiger partial charge < -0.3 is 15.7 Å². The smallest absolute Gasteiger partial charge is 0.263 e. The van der Waals surface area contributed by atoms with E-state index in [0.29, 0.717) is 16.1 Å². The Morgan fingerprint density at radius 1 is 1.07 bits per heavy atom. The molecule has 3 rings (SSSR count). The molecule has 6 heteroatoms. The molecule has 134 valence electrons. The average molecular weight is 378 g/mol. The molecule has 0 fully saturated rings. The van der Waals surface area contributed by atoms with Gasteiger partial charge in [-0.25, -0.2) is 0 Å². The number of phenols is 1. The van der Waals surface area contributed by atoms with Crippen molar-refractivity contribution in [2.45, 2.75) is 6.54 Å². The molecule has 27 heavy (non-hydrogen) atoms. The first-order valence-electron chi connectivity index (χ1n) is 8.19. The number of rotatable bonds is 5. The predicted octanol–water partition coefficient (Wildman–Crippen LogP) is 4.33. The summed E-state index contributed by atoms with van der Waals surface area (Å²) in [5.41, 5.74) is 1.37. The molecule has 0 atom stereocenters. The van der Waals surface area contributed by atoms with Crippen molar-refractivity contribution in [1.82, 2.24) is 5.32 Å². The molecule has 0 saturated heterocycles. The fraction of sp³-hybridized carbons (Fsp3) is 0.0476. The summed E-state index contributed by atoms with van der Waals surface area (Å²) in [7, 11) is 0. The molecule has 0 spiro atoms. The second-order valence-corrected chi connectivity index (χ2v) is 6.17. The van der Waals surface area contributed by atoms with Crippen LogP contribution in [0.1, 0.15) is 5.56 Å². The summed E-state index contributed by atoms with van der Waals surface area (Å²) >= 11 is 6.07. The number of carbonyl (C=O) groups is 1. The number of nitrogens with zero attached hydrogens (tertiary/aromatic N) is 1. The zero-order valence-corrected chi connectivity index (χ0v) is 15.0. The zero-order valence-electron chi connectivity index (χ0n) is 14.2. The van der Waals surface area contributed by atoms with E-state index in [4.69, 9.17) is 11.6 Å². The quantitative estimate of drug-likeness (QED) is 0.456. The van der Waals surface area contributed by atoms with Gasteiger partial charge >= 0.3 is 0 Å². The van der Waals surface area contributed by atoms with E-state index in [0.717, 1.165) is 10.9 Å². The molecule has 3 aromatic rings. The van der Waals surface area contributed by atoms with Crippen LogP contribution in [-0.2, 0) is 11.3 Å². The minimum Gasteiger partial charge on any atom is -0.507 e. The third-order valence-electron chi connectivity index (χ3n) is 4.03. The molecule has 5 nitrogen and oxygen atoms in total. The molecule has 0 aromatic heterocycles. The van der Waals surface area contributed by atoms with Crippen molar-refractivity contribution in [2.24, 2.45) is 0 Å². The van der Waals surface area contributed by atoms with Crippen molar-refractivity contribution in [2.75, 3.05) is 5.32 Å². The molecule has 1 amide bonds. The number of halogens is 1. The van der Waals surface area contributed by atoms with Crippen LogP contribution in [0.4, 0.5) is 5.69 Å². The number of phenolic OH excluding ortho intramolecular Hbond substituents is 1. The normalized spacial score (nSPS) is 11.0. The predicted molar refractivity (Wildman–Crippen MR) is 106 cm³/mol. The van der Waals surface area contributed by atoms with Crippen LogP contribution in [-0.4, -0.2) is 11.0 Å². The third kappa shape index (κ3) is 4.20. The van der Waals surface area contributed by atoms with Gasteiger partial charge in [-0.05, 0) is 23.8 Å². The first-order valence-corrected chi connectivity index (χ1v) is 8.57. The second kappa shape index (κ2) is 8.26. The van der Waals surface area contributed by atoms with Gasteiger partial charge in [-0.15, -0.1) is 0 Å². The summed E-state index contributed by atoms with van der Waals surface area (Å²) in [6.07, 6.45) is 1.35. The van der Waals surface area contributed by atoms with Crippen molar-refractivity contribution in [1.29, 1.82) is 5.26 Å². The molecular weight excluding hydrogens is 362 g/mol. The van der Waals surface area contributed by atoms with E-state index in [1.807, 2.05) is 18.2 Å². The highest BCUT2D eigenvalue weighted by Crippen LogP contribution is 2.29. The Bertz CT molecular complexity index is 1070. The Morgan fingerprint density at radius 2 is 1.81 bits per heavy atom. The maximum atomic E-state index is 12.3. The van der Waals surface area contributed by atoms with E-state index >= 15 is 0 Å². The highest BCUT2D eigenvalue weighted by molar-refractivity contribution is 6.31. The van der Waals surface area contributed by atoms with Gasteiger partial charge in [0, 0.05) is 34.2 Å². The van der Waals surface area contributed by atoms with E-state index in [1.54, 1.807) is 48.5 Å². The highest BCUT2D eigenvalue weighted by atomic mass is 35.5. The number of anilines is 1. The van der Waals surface area contributed by atoms with Crippen molar-refractivity contribution in [3.05, 3.63) is 83.0 Å². The van der Waals surface area contributed by atoms with Gasteiger partial charge in [-0.1, -0.05) is 54.1 Å². The zero-order chi connectivity index (χ0) is 19.2. The van der Waals surface area contributed by atoms with E-state index < -0.39 is 5.91 Å². The highest BCUT2D eigenvalue weighted by Gasteiger charge is 2.10. The lowest BCUT2D eigenvalue weighted by Crippen LogP contribution is -2.24. The standard InChI is InChI=1S/C21H16ClN3O2/c22-18-8-2-1-5-14(18)12-25-21(27)15(11-23)13-24-19-9-3-7-17-16(19)6-4-10-20(17)26/h1-10,13,24,26H,12H2,(H,25,27)/b15-13-. The summed E-state index contributed by atoms with van der Waals surface area (Å²) in [5.74, 6) is -0.342. The fourth-order valence-electron chi connectivity index (χ4n) is 2.63. The molecular formula is C21H16ClN3O2. The number of fused-ring (bicyclic) bond motifs is 1. The number of hydrogen-bond donors (Lipinski definition) is 3. The van der Waals surface area contributed by atoms with E-state index in [9.17, 15) is 15.2 Å². The van der Waals surface area contributed by atoms with Crippen molar-refractivity contribution in [3.63, 3.8) is 0 Å². The minimum absolute atomic E-state index is 0.0702. The fourth-order valence-corrected chi connectivity index (χ4v) is 2.83. The van der Waals surface area contributed by atoms with Crippen LogP contribution in [0.15, 0.2) is 72.4 Å². The summed E-state index contributed by atoms with van der Waals surface area (Å²) < 4.78 is 0. The van der Waals surface area contributed by atoms with Crippen LogP contribution >= 0.6 is 11.6 Å². The number of nitriles is 1. The van der Waals surface area contributed by atoms with Gasteiger partial charge in [-0.2, -0.15) is 5.26 Å². The van der Waals surface area contributed by atoms with Crippen LogP contribution < -0.4 is 10.6 Å². The Labute approximate surface area is 161 Å². The summed E-state index contributed by atoms with van der Waals surface area (Å²) in [6.45, 7) is 0.222. The first kappa shape index (κ1) is 18.3. The van der Waals surface area contributed by atoms with Gasteiger partial charge in [0.2, 0.25) is 0 Å². The third-order valence-corrected chi connectivity index (χ3v) is 4.40. The van der Waals surface area contributed by atoms with Crippen molar-refractivity contribution < 1.29 is 9.90 Å². The van der Waals surface area contributed by atoms with Crippen LogP contribution in [0.25, 0.3) is 10.8 Å². The lowest BCUT2D eigenvalue weighted by molar-refractivity contribution is -0.117. The number of benzene rings is 3. The Morgan fingerprint density at radius 3 is 2.59 bits per heavy atom. The van der Waals surface area contributed by atoms with Gasteiger partial charge in [0.15, 0.2) is 0 Å². The Hall–Kier alpha value is -3.49. The molecule has 0 heterocycles. The van der Waals surface area contributed by atoms with Crippen LogP contribution in [0.3, 0.4) is 0 Å². The number of amides is 1. The Balaban J connectivity index is 1.75. The molecule has 0 aliphatic rings. The molecule has 0 bridgehead atoms. The lowest BCUT2D eigenvalue weighted by Gasteiger charge is -2.09. The molecule has 3 aromatic carbocycles. The maximum absolute atomic E-state index is 12.3. The summed E-state index contributed by atoms with van der Waals surface area (Å²) in [4.78, 5) is 12.3. The molecule has 0 aliphatic carbocycles. The molecule has 0 unspecified atom stereocenters. The van der Waals surface area contributed by atoms with E-state index in [-0.39, 0.29) is 17.9 Å². The van der Waals surface area contributed by atoms with Crippen LogP contribution in [0.5, 0.6) is 5.75 Å². The van der Waals surface area contributed by atoms with E-state index in [1.165, 1.54) is 6.20 Å². The van der Waals surface area contributed by atoms with Crippen LogP contribution in [0, 0.1) is 11.3 Å².